The molecule has 3 aromatic rings. The van der Waals surface area contributed by atoms with Crippen molar-refractivity contribution in [3.8, 4) is 0 Å². The van der Waals surface area contributed by atoms with Gasteiger partial charge in [-0.25, -0.2) is 0 Å². The molecule has 3 N–H and O–H groups in total. The molecule has 1 aromatic heterocycles. The van der Waals surface area contributed by atoms with Crippen molar-refractivity contribution in [3.05, 3.63) is 87.6 Å². The molecule has 0 fully saturated rings. The van der Waals surface area contributed by atoms with E-state index in [0.717, 1.165) is 0 Å². The van der Waals surface area contributed by atoms with Crippen molar-refractivity contribution in [1.29, 1.82) is 0 Å². The number of non-ortho nitro benzene ring substituents is 1. The summed E-state index contributed by atoms with van der Waals surface area (Å²) >= 11 is 0. The van der Waals surface area contributed by atoms with Crippen LogP contribution < -0.4 is 10.6 Å². The van der Waals surface area contributed by atoms with E-state index in [0.29, 0.717) is 23.8 Å². The molecule has 9 nitrogen and oxygen atoms in total. The number of nitro groups is 1. The second kappa shape index (κ2) is 8.65. The Morgan fingerprint density at radius 1 is 1.10 bits per heavy atom. The van der Waals surface area contributed by atoms with Crippen molar-refractivity contribution in [2.75, 3.05) is 5.32 Å². The molecule has 2 amide bonds. The first kappa shape index (κ1) is 21.5. The van der Waals surface area contributed by atoms with E-state index in [1.807, 2.05) is 0 Å². The highest BCUT2D eigenvalue weighted by Crippen LogP contribution is 2.32. The third-order valence-corrected chi connectivity index (χ3v) is 4.15. The standard InChI is InChI=1S/C19H14F3N5O4/c20-19(21,22)13-8-12(9-14(10-13)27(30)31)17(28)25-16(11-4-2-1-3-5-11)18(29)24-15-6-7-23-26-15/h1-10,16H,(H,25,28)(H2,23,24,26,29). The number of hydrogen-bond donors (Lipinski definition) is 3. The van der Waals surface area contributed by atoms with E-state index in [1.54, 1.807) is 18.2 Å². The second-order valence-corrected chi connectivity index (χ2v) is 6.30. The van der Waals surface area contributed by atoms with Gasteiger partial charge in [0.25, 0.3) is 17.5 Å². The predicted molar refractivity (Wildman–Crippen MR) is 102 cm³/mol. The van der Waals surface area contributed by atoms with E-state index in [1.165, 1.54) is 24.4 Å². The normalized spacial score (nSPS) is 12.1. The summed E-state index contributed by atoms with van der Waals surface area (Å²) in [6.07, 6.45) is -3.52. The highest BCUT2D eigenvalue weighted by Gasteiger charge is 2.34. The van der Waals surface area contributed by atoms with Gasteiger partial charge in [-0.1, -0.05) is 30.3 Å². The largest absolute Gasteiger partial charge is 0.416 e. The lowest BCUT2D eigenvalue weighted by Crippen LogP contribution is -2.37. The fourth-order valence-electron chi connectivity index (χ4n) is 2.70. The van der Waals surface area contributed by atoms with E-state index < -0.39 is 45.8 Å². The number of anilines is 1. The summed E-state index contributed by atoms with van der Waals surface area (Å²) in [4.78, 5) is 35.4. The highest BCUT2D eigenvalue weighted by molar-refractivity contribution is 6.01. The molecule has 2 aromatic carbocycles. The van der Waals surface area contributed by atoms with Crippen molar-refractivity contribution in [2.45, 2.75) is 12.2 Å². The number of nitrogens with zero attached hydrogens (tertiary/aromatic N) is 2. The molecule has 0 bridgehead atoms. The minimum atomic E-state index is -4.90. The van der Waals surface area contributed by atoms with Gasteiger partial charge >= 0.3 is 6.18 Å². The molecule has 1 unspecified atom stereocenters. The Hall–Kier alpha value is -4.22. The number of alkyl halides is 3. The summed E-state index contributed by atoms with van der Waals surface area (Å²) in [7, 11) is 0. The van der Waals surface area contributed by atoms with Gasteiger partial charge < -0.3 is 10.6 Å². The monoisotopic (exact) mass is 433 g/mol. The van der Waals surface area contributed by atoms with Gasteiger partial charge in [0.05, 0.1) is 16.7 Å². The molecule has 3 rings (SSSR count). The van der Waals surface area contributed by atoms with Crippen LogP contribution in [0.15, 0.2) is 60.8 Å². The molecule has 12 heteroatoms. The first-order valence-corrected chi connectivity index (χ1v) is 8.68. The average Bonchev–Trinajstić information content (AvgIpc) is 3.24. The van der Waals surface area contributed by atoms with Crippen LogP contribution in [0.1, 0.15) is 27.5 Å². The summed E-state index contributed by atoms with van der Waals surface area (Å²) in [5.41, 5.74) is -2.53. The molecule has 1 atom stereocenters. The summed E-state index contributed by atoms with van der Waals surface area (Å²) in [5.74, 6) is -1.57. The van der Waals surface area contributed by atoms with E-state index >= 15 is 0 Å². The number of aromatic nitrogens is 2. The topological polar surface area (TPSA) is 130 Å². The molecule has 0 spiro atoms. The first-order valence-electron chi connectivity index (χ1n) is 8.68. The van der Waals surface area contributed by atoms with Gasteiger partial charge in [-0.2, -0.15) is 18.3 Å². The van der Waals surface area contributed by atoms with Gasteiger partial charge in [-0.3, -0.25) is 24.8 Å². The zero-order chi connectivity index (χ0) is 22.6. The molecule has 0 aliphatic rings. The molecular formula is C19H14F3N5O4. The SMILES string of the molecule is O=C(NC(C(=O)Nc1ccn[nH]1)c1ccccc1)c1cc([N+](=O)[O-])cc(C(F)(F)F)c1. The number of amides is 2. The van der Waals surface area contributed by atoms with Gasteiger partial charge in [-0.15, -0.1) is 0 Å². The van der Waals surface area contributed by atoms with Crippen LogP contribution in [0.2, 0.25) is 0 Å². The Balaban J connectivity index is 1.94. The van der Waals surface area contributed by atoms with Crippen LogP contribution in [0.5, 0.6) is 0 Å². The quantitative estimate of drug-likeness (QED) is 0.405. The summed E-state index contributed by atoms with van der Waals surface area (Å²) in [6, 6.07) is 9.62. The van der Waals surface area contributed by atoms with Gasteiger partial charge in [0.15, 0.2) is 0 Å². The number of nitrogens with one attached hydrogen (secondary N) is 3. The van der Waals surface area contributed by atoms with Crippen LogP contribution in [-0.4, -0.2) is 26.9 Å². The molecule has 0 aliphatic heterocycles. The van der Waals surface area contributed by atoms with Crippen LogP contribution in [0.4, 0.5) is 24.7 Å². The maximum absolute atomic E-state index is 13.1. The molecule has 0 radical (unpaired) electrons. The van der Waals surface area contributed by atoms with Crippen LogP contribution in [-0.2, 0) is 11.0 Å². The Kier molecular flexibility index (Phi) is 6.00. The van der Waals surface area contributed by atoms with Gasteiger partial charge in [-0.05, 0) is 11.6 Å². The van der Waals surface area contributed by atoms with E-state index in [4.69, 9.17) is 0 Å². The van der Waals surface area contributed by atoms with Crippen molar-refractivity contribution in [2.24, 2.45) is 0 Å². The molecule has 0 aliphatic carbocycles. The van der Waals surface area contributed by atoms with Crippen molar-refractivity contribution < 1.29 is 27.7 Å². The first-order chi connectivity index (χ1) is 14.6. The van der Waals surface area contributed by atoms with E-state index in [-0.39, 0.29) is 5.82 Å². The number of carbonyl (C=O) groups excluding carboxylic acids is 2. The fraction of sp³-hybridized carbons (Fsp3) is 0.105. The lowest BCUT2D eigenvalue weighted by atomic mass is 10.0. The molecule has 160 valence electrons. The average molecular weight is 433 g/mol. The van der Waals surface area contributed by atoms with Crippen LogP contribution in [0, 0.1) is 10.1 Å². The van der Waals surface area contributed by atoms with Crippen molar-refractivity contribution in [3.63, 3.8) is 0 Å². The summed E-state index contributed by atoms with van der Waals surface area (Å²) in [6.45, 7) is 0. The van der Waals surface area contributed by atoms with Gasteiger partial charge in [0.1, 0.15) is 11.9 Å². The second-order valence-electron chi connectivity index (χ2n) is 6.30. The number of aromatic amines is 1. The zero-order valence-corrected chi connectivity index (χ0v) is 15.5. The molecule has 1 heterocycles. The number of nitro benzene ring substituents is 1. The van der Waals surface area contributed by atoms with Gasteiger partial charge in [0.2, 0.25) is 0 Å². The van der Waals surface area contributed by atoms with E-state index in [9.17, 15) is 32.9 Å². The van der Waals surface area contributed by atoms with E-state index in [2.05, 4.69) is 20.8 Å². The lowest BCUT2D eigenvalue weighted by molar-refractivity contribution is -0.385. The number of carbonyl (C=O) groups is 2. The maximum atomic E-state index is 13.1. The smallest absolute Gasteiger partial charge is 0.336 e. The lowest BCUT2D eigenvalue weighted by Gasteiger charge is -2.19. The Labute approximate surface area is 172 Å². The highest BCUT2D eigenvalue weighted by atomic mass is 19.4. The third-order valence-electron chi connectivity index (χ3n) is 4.15. The summed E-state index contributed by atoms with van der Waals surface area (Å²) < 4.78 is 39.3. The molecular weight excluding hydrogens is 419 g/mol. The van der Waals surface area contributed by atoms with Gasteiger partial charge in [0, 0.05) is 23.8 Å². The molecule has 0 saturated carbocycles. The Morgan fingerprint density at radius 2 is 1.81 bits per heavy atom. The number of halogens is 3. The number of rotatable bonds is 6. The van der Waals surface area contributed by atoms with Crippen LogP contribution in [0.25, 0.3) is 0 Å². The molecule has 31 heavy (non-hydrogen) atoms. The zero-order valence-electron chi connectivity index (χ0n) is 15.5. The third kappa shape index (κ3) is 5.23. The minimum absolute atomic E-state index is 0.231. The van der Waals surface area contributed by atoms with Crippen LogP contribution >= 0.6 is 0 Å². The van der Waals surface area contributed by atoms with Crippen molar-refractivity contribution in [1.82, 2.24) is 15.5 Å². The number of benzene rings is 2. The summed E-state index contributed by atoms with van der Waals surface area (Å²) in [5, 5.41) is 22.0. The molecule has 0 saturated heterocycles. The Morgan fingerprint density at radius 3 is 2.39 bits per heavy atom. The minimum Gasteiger partial charge on any atom is -0.336 e. The number of hydrogen-bond acceptors (Lipinski definition) is 5. The Bertz CT molecular complexity index is 1100. The number of H-pyrrole nitrogens is 1. The fourth-order valence-corrected chi connectivity index (χ4v) is 2.70. The predicted octanol–water partition coefficient (Wildman–Crippen LogP) is 3.45. The van der Waals surface area contributed by atoms with Crippen molar-refractivity contribution >= 4 is 23.3 Å². The van der Waals surface area contributed by atoms with Crippen LogP contribution in [0.3, 0.4) is 0 Å². The maximum Gasteiger partial charge on any atom is 0.416 e.